The maximum absolute atomic E-state index is 11.7. The molecule has 7 nitrogen and oxygen atoms in total. The SMILES string of the molecule is CNC(=O)C[C@]1(COC)CN(Cc2cnn(C)c2)CCO1. The summed E-state index contributed by atoms with van der Waals surface area (Å²) in [5, 5.41) is 6.84. The van der Waals surface area contributed by atoms with E-state index in [2.05, 4.69) is 15.3 Å². The second-order valence-corrected chi connectivity index (χ2v) is 5.55. The summed E-state index contributed by atoms with van der Waals surface area (Å²) in [6.07, 6.45) is 4.18. The van der Waals surface area contributed by atoms with Gasteiger partial charge >= 0.3 is 0 Å². The van der Waals surface area contributed by atoms with Gasteiger partial charge in [-0.2, -0.15) is 5.10 Å². The van der Waals surface area contributed by atoms with Gasteiger partial charge in [0.1, 0.15) is 5.60 Å². The van der Waals surface area contributed by atoms with E-state index in [0.717, 1.165) is 18.7 Å². The van der Waals surface area contributed by atoms with Gasteiger partial charge in [-0.25, -0.2) is 0 Å². The van der Waals surface area contributed by atoms with Gasteiger partial charge in [0, 0.05) is 52.6 Å². The summed E-state index contributed by atoms with van der Waals surface area (Å²) >= 11 is 0. The first-order valence-corrected chi connectivity index (χ1v) is 7.10. The second-order valence-electron chi connectivity index (χ2n) is 5.55. The number of carbonyl (C=O) groups excluding carboxylic acids is 1. The van der Waals surface area contributed by atoms with Crippen molar-refractivity contribution in [2.75, 3.05) is 40.5 Å². The van der Waals surface area contributed by atoms with Gasteiger partial charge in [0.15, 0.2) is 0 Å². The van der Waals surface area contributed by atoms with E-state index in [0.29, 0.717) is 26.2 Å². The average molecular weight is 296 g/mol. The minimum absolute atomic E-state index is 0.0322. The van der Waals surface area contributed by atoms with Crippen molar-refractivity contribution < 1.29 is 14.3 Å². The normalized spacial score (nSPS) is 23.2. The molecule has 0 radical (unpaired) electrons. The van der Waals surface area contributed by atoms with Crippen LogP contribution >= 0.6 is 0 Å². The standard InChI is InChI=1S/C14H24N4O3/c1-15-13(19)6-14(11-20-3)10-18(4-5-21-14)9-12-7-16-17(2)8-12/h7-8H,4-6,9-11H2,1-3H3,(H,15,19)/t14-/m1/s1. The number of morpholine rings is 1. The molecule has 1 fully saturated rings. The Balaban J connectivity index is 2.03. The Hall–Kier alpha value is -1.44. The summed E-state index contributed by atoms with van der Waals surface area (Å²) in [5.74, 6) is -0.0322. The molecule has 1 aliphatic rings. The highest BCUT2D eigenvalue weighted by atomic mass is 16.5. The molecule has 2 heterocycles. The topological polar surface area (TPSA) is 68.6 Å². The number of rotatable bonds is 6. The molecule has 1 amide bonds. The van der Waals surface area contributed by atoms with E-state index in [9.17, 15) is 4.79 Å². The Morgan fingerprint density at radius 1 is 1.62 bits per heavy atom. The highest BCUT2D eigenvalue weighted by Crippen LogP contribution is 2.24. The number of hydrogen-bond acceptors (Lipinski definition) is 5. The van der Waals surface area contributed by atoms with Crippen molar-refractivity contribution in [1.29, 1.82) is 0 Å². The van der Waals surface area contributed by atoms with Gasteiger partial charge in [0.25, 0.3) is 0 Å². The summed E-state index contributed by atoms with van der Waals surface area (Å²) in [6, 6.07) is 0. The van der Waals surface area contributed by atoms with Crippen LogP contribution in [0.3, 0.4) is 0 Å². The number of ether oxygens (including phenoxy) is 2. The molecule has 1 N–H and O–H groups in total. The van der Waals surface area contributed by atoms with Crippen LogP contribution in [0.5, 0.6) is 0 Å². The largest absolute Gasteiger partial charge is 0.382 e. The van der Waals surface area contributed by atoms with Crippen molar-refractivity contribution in [3.63, 3.8) is 0 Å². The van der Waals surface area contributed by atoms with Crippen LogP contribution in [0.25, 0.3) is 0 Å². The Morgan fingerprint density at radius 3 is 3.05 bits per heavy atom. The van der Waals surface area contributed by atoms with E-state index in [1.807, 2.05) is 19.4 Å². The molecule has 0 unspecified atom stereocenters. The van der Waals surface area contributed by atoms with Gasteiger partial charge < -0.3 is 14.8 Å². The molecule has 1 aromatic rings. The van der Waals surface area contributed by atoms with Crippen LogP contribution < -0.4 is 5.32 Å². The number of nitrogens with zero attached hydrogens (tertiary/aromatic N) is 3. The van der Waals surface area contributed by atoms with Crippen LogP contribution in [0, 0.1) is 0 Å². The number of hydrogen-bond donors (Lipinski definition) is 1. The molecule has 118 valence electrons. The summed E-state index contributed by atoms with van der Waals surface area (Å²) in [6.45, 7) is 3.32. The molecule has 0 aromatic carbocycles. The second kappa shape index (κ2) is 7.02. The summed E-state index contributed by atoms with van der Waals surface area (Å²) in [4.78, 5) is 14.0. The van der Waals surface area contributed by atoms with Crippen LogP contribution in [-0.4, -0.2) is 66.6 Å². The van der Waals surface area contributed by atoms with Gasteiger partial charge in [-0.05, 0) is 0 Å². The van der Waals surface area contributed by atoms with Crippen LogP contribution in [-0.2, 0) is 27.9 Å². The average Bonchev–Trinajstić information content (AvgIpc) is 2.84. The van der Waals surface area contributed by atoms with E-state index in [1.54, 1.807) is 18.8 Å². The van der Waals surface area contributed by atoms with Crippen molar-refractivity contribution in [1.82, 2.24) is 20.0 Å². The quantitative estimate of drug-likeness (QED) is 0.785. The van der Waals surface area contributed by atoms with Crippen LogP contribution in [0.4, 0.5) is 0 Å². The monoisotopic (exact) mass is 296 g/mol. The van der Waals surface area contributed by atoms with Gasteiger partial charge in [-0.3, -0.25) is 14.4 Å². The fourth-order valence-corrected chi connectivity index (χ4v) is 2.76. The number of carbonyl (C=O) groups is 1. The van der Waals surface area contributed by atoms with Gasteiger partial charge in [0.2, 0.25) is 5.91 Å². The molecule has 0 bridgehead atoms. The Kier molecular flexibility index (Phi) is 5.33. The van der Waals surface area contributed by atoms with E-state index in [4.69, 9.17) is 9.47 Å². The van der Waals surface area contributed by atoms with Crippen molar-refractivity contribution in [2.24, 2.45) is 7.05 Å². The molecule has 7 heteroatoms. The van der Waals surface area contributed by atoms with Crippen molar-refractivity contribution in [3.8, 4) is 0 Å². The summed E-state index contributed by atoms with van der Waals surface area (Å²) in [7, 11) is 5.18. The molecule has 1 saturated heterocycles. The molecule has 21 heavy (non-hydrogen) atoms. The fourth-order valence-electron chi connectivity index (χ4n) is 2.76. The van der Waals surface area contributed by atoms with Gasteiger partial charge in [-0.15, -0.1) is 0 Å². The Labute approximate surface area is 125 Å². The minimum atomic E-state index is -0.574. The molecule has 0 aliphatic carbocycles. The molecular weight excluding hydrogens is 272 g/mol. The first kappa shape index (κ1) is 15.9. The Bertz CT molecular complexity index is 473. The molecule has 1 aromatic heterocycles. The number of aromatic nitrogens is 2. The highest BCUT2D eigenvalue weighted by Gasteiger charge is 2.38. The number of amides is 1. The third-order valence-electron chi connectivity index (χ3n) is 3.66. The van der Waals surface area contributed by atoms with E-state index in [-0.39, 0.29) is 5.91 Å². The van der Waals surface area contributed by atoms with Crippen molar-refractivity contribution >= 4 is 5.91 Å². The van der Waals surface area contributed by atoms with E-state index < -0.39 is 5.60 Å². The Morgan fingerprint density at radius 2 is 2.43 bits per heavy atom. The van der Waals surface area contributed by atoms with Crippen LogP contribution in [0.15, 0.2) is 12.4 Å². The molecule has 0 saturated carbocycles. The van der Waals surface area contributed by atoms with Crippen molar-refractivity contribution in [3.05, 3.63) is 18.0 Å². The maximum atomic E-state index is 11.7. The van der Waals surface area contributed by atoms with E-state index >= 15 is 0 Å². The maximum Gasteiger partial charge on any atom is 0.222 e. The van der Waals surface area contributed by atoms with Gasteiger partial charge in [-0.1, -0.05) is 0 Å². The lowest BCUT2D eigenvalue weighted by atomic mass is 9.97. The lowest BCUT2D eigenvalue weighted by Crippen LogP contribution is -2.55. The number of nitrogens with one attached hydrogen (secondary N) is 1. The number of methoxy groups -OCH3 is 1. The molecule has 2 rings (SSSR count). The summed E-state index contributed by atoms with van der Waals surface area (Å²) < 4.78 is 13.0. The predicted molar refractivity (Wildman–Crippen MR) is 77.7 cm³/mol. The third-order valence-corrected chi connectivity index (χ3v) is 3.66. The minimum Gasteiger partial charge on any atom is -0.382 e. The first-order chi connectivity index (χ1) is 10.1. The zero-order chi connectivity index (χ0) is 15.3. The lowest BCUT2D eigenvalue weighted by molar-refractivity contribution is -0.155. The zero-order valence-corrected chi connectivity index (χ0v) is 13.0. The van der Waals surface area contributed by atoms with Crippen LogP contribution in [0.1, 0.15) is 12.0 Å². The predicted octanol–water partition coefficient (Wildman–Crippen LogP) is -0.226. The highest BCUT2D eigenvalue weighted by molar-refractivity contribution is 5.76. The molecule has 1 aliphatic heterocycles. The first-order valence-electron chi connectivity index (χ1n) is 7.10. The fraction of sp³-hybridized carbons (Fsp3) is 0.714. The van der Waals surface area contributed by atoms with Gasteiger partial charge in [0.05, 0.1) is 25.8 Å². The number of aryl methyl sites for hydroxylation is 1. The summed E-state index contributed by atoms with van der Waals surface area (Å²) in [5.41, 5.74) is 0.584. The van der Waals surface area contributed by atoms with Crippen molar-refractivity contribution in [2.45, 2.75) is 18.6 Å². The molecule has 0 spiro atoms. The third kappa shape index (κ3) is 4.26. The van der Waals surface area contributed by atoms with Crippen LogP contribution in [0.2, 0.25) is 0 Å². The zero-order valence-electron chi connectivity index (χ0n) is 13.0. The van der Waals surface area contributed by atoms with E-state index in [1.165, 1.54) is 0 Å². The smallest absolute Gasteiger partial charge is 0.222 e. The molecular formula is C14H24N4O3. The molecule has 1 atom stereocenters. The lowest BCUT2D eigenvalue weighted by Gasteiger charge is -2.42.